The van der Waals surface area contributed by atoms with Gasteiger partial charge in [0.1, 0.15) is 0 Å². The molecule has 0 atom stereocenters. The zero-order valence-corrected chi connectivity index (χ0v) is 9.53. The molecule has 2 nitrogen and oxygen atoms in total. The van der Waals surface area contributed by atoms with Crippen LogP contribution in [-0.4, -0.2) is 18.0 Å². The van der Waals surface area contributed by atoms with Gasteiger partial charge in [0.2, 0.25) is 0 Å². The van der Waals surface area contributed by atoms with Crippen LogP contribution in [0.4, 0.5) is 0 Å². The molecule has 0 heterocycles. The van der Waals surface area contributed by atoms with E-state index in [2.05, 4.69) is 24.8 Å². The van der Waals surface area contributed by atoms with Gasteiger partial charge in [-0.15, -0.1) is 0 Å². The number of nitriles is 1. The molecule has 0 unspecified atom stereocenters. The van der Waals surface area contributed by atoms with Gasteiger partial charge >= 0.3 is 0 Å². The normalized spacial score (nSPS) is 10.3. The quantitative estimate of drug-likeness (QED) is 0.734. The summed E-state index contributed by atoms with van der Waals surface area (Å²) in [5.41, 5.74) is 2.02. The van der Waals surface area contributed by atoms with Crippen LogP contribution in [0.3, 0.4) is 0 Å². The maximum absolute atomic E-state index is 8.68. The summed E-state index contributed by atoms with van der Waals surface area (Å²) >= 11 is 0. The van der Waals surface area contributed by atoms with Crippen molar-refractivity contribution in [2.24, 2.45) is 0 Å². The van der Waals surface area contributed by atoms with E-state index in [-0.39, 0.29) is 0 Å². The van der Waals surface area contributed by atoms with Crippen molar-refractivity contribution in [3.63, 3.8) is 0 Å². The second-order valence-electron chi connectivity index (χ2n) is 3.68. The third-order valence-corrected chi connectivity index (χ3v) is 2.48. The summed E-state index contributed by atoms with van der Waals surface area (Å²) in [4.78, 5) is 2.40. The molecule has 1 aromatic carbocycles. The molecule has 0 aliphatic carbocycles. The molecule has 0 aromatic heterocycles. The van der Waals surface area contributed by atoms with E-state index in [9.17, 15) is 0 Å². The lowest BCUT2D eigenvalue weighted by Crippen LogP contribution is -2.23. The van der Waals surface area contributed by atoms with E-state index < -0.39 is 0 Å². The second kappa shape index (κ2) is 6.21. The summed E-state index contributed by atoms with van der Waals surface area (Å²) in [6, 6.07) is 9.98. The van der Waals surface area contributed by atoms with Gasteiger partial charge in [0.05, 0.1) is 11.6 Å². The molecule has 0 fully saturated rings. The summed E-state index contributed by atoms with van der Waals surface area (Å²) in [5, 5.41) is 8.68. The van der Waals surface area contributed by atoms with Gasteiger partial charge in [-0.05, 0) is 37.2 Å². The van der Waals surface area contributed by atoms with E-state index in [4.69, 9.17) is 5.26 Å². The molecule has 0 aliphatic rings. The molecule has 0 N–H and O–H groups in total. The maximum atomic E-state index is 8.68. The highest BCUT2D eigenvalue weighted by molar-refractivity contribution is 5.31. The molecule has 15 heavy (non-hydrogen) atoms. The lowest BCUT2D eigenvalue weighted by molar-refractivity contribution is 0.280. The van der Waals surface area contributed by atoms with Gasteiger partial charge in [-0.1, -0.05) is 26.0 Å². The molecule has 80 valence electrons. The van der Waals surface area contributed by atoms with Crippen molar-refractivity contribution in [1.29, 1.82) is 5.26 Å². The fourth-order valence-corrected chi connectivity index (χ4v) is 1.61. The minimum atomic E-state index is 0.734. The number of rotatable bonds is 5. The van der Waals surface area contributed by atoms with Crippen molar-refractivity contribution < 1.29 is 0 Å². The van der Waals surface area contributed by atoms with Gasteiger partial charge in [0, 0.05) is 6.54 Å². The van der Waals surface area contributed by atoms with Crippen molar-refractivity contribution in [2.75, 3.05) is 13.1 Å². The van der Waals surface area contributed by atoms with Crippen LogP contribution in [-0.2, 0) is 6.54 Å². The lowest BCUT2D eigenvalue weighted by atomic mass is 10.1. The summed E-state index contributed by atoms with van der Waals surface area (Å²) in [6.45, 7) is 7.57. The zero-order chi connectivity index (χ0) is 11.1. The van der Waals surface area contributed by atoms with E-state index in [0.717, 1.165) is 25.2 Å². The second-order valence-corrected chi connectivity index (χ2v) is 3.68. The molecule has 0 saturated carbocycles. The highest BCUT2D eigenvalue weighted by Gasteiger charge is 2.01. The lowest BCUT2D eigenvalue weighted by Gasteiger charge is -2.19. The van der Waals surface area contributed by atoms with E-state index in [1.807, 2.05) is 24.3 Å². The Morgan fingerprint density at radius 3 is 2.33 bits per heavy atom. The van der Waals surface area contributed by atoms with E-state index in [1.165, 1.54) is 12.0 Å². The Balaban J connectivity index is 2.59. The van der Waals surface area contributed by atoms with Gasteiger partial charge < -0.3 is 0 Å². The largest absolute Gasteiger partial charge is 0.299 e. The molecule has 0 aliphatic heterocycles. The number of nitrogens with zero attached hydrogens (tertiary/aromatic N) is 2. The number of hydrogen-bond donors (Lipinski definition) is 0. The van der Waals surface area contributed by atoms with Crippen molar-refractivity contribution in [2.45, 2.75) is 26.8 Å². The fourth-order valence-electron chi connectivity index (χ4n) is 1.61. The Bertz CT molecular complexity index is 321. The fraction of sp³-hybridized carbons (Fsp3) is 0.462. The molecule has 0 amide bonds. The van der Waals surface area contributed by atoms with Gasteiger partial charge in [0.15, 0.2) is 0 Å². The van der Waals surface area contributed by atoms with E-state index in [0.29, 0.717) is 0 Å². The van der Waals surface area contributed by atoms with Gasteiger partial charge in [-0.3, -0.25) is 4.90 Å². The van der Waals surface area contributed by atoms with Crippen LogP contribution in [0.1, 0.15) is 31.4 Å². The molecule has 1 aromatic rings. The first-order valence-corrected chi connectivity index (χ1v) is 5.51. The van der Waals surface area contributed by atoms with Crippen LogP contribution in [0, 0.1) is 11.3 Å². The highest BCUT2D eigenvalue weighted by Crippen LogP contribution is 2.07. The standard InChI is InChI=1S/C13H18N2/c1-3-9-15(4-2)11-13-7-5-12(10-14)6-8-13/h5-8H,3-4,9,11H2,1-2H3. The van der Waals surface area contributed by atoms with Crippen LogP contribution in [0.25, 0.3) is 0 Å². The van der Waals surface area contributed by atoms with Crippen molar-refractivity contribution >= 4 is 0 Å². The Labute approximate surface area is 92.1 Å². The third-order valence-electron chi connectivity index (χ3n) is 2.48. The predicted molar refractivity (Wildman–Crippen MR) is 62.4 cm³/mol. The summed E-state index contributed by atoms with van der Waals surface area (Å²) in [7, 11) is 0. The molecule has 0 saturated heterocycles. The first kappa shape index (κ1) is 11.7. The van der Waals surface area contributed by atoms with Crippen molar-refractivity contribution in [3.8, 4) is 6.07 Å². The molecule has 0 bridgehead atoms. The van der Waals surface area contributed by atoms with E-state index >= 15 is 0 Å². The SMILES string of the molecule is CCCN(CC)Cc1ccc(C#N)cc1. The van der Waals surface area contributed by atoms with Gasteiger partial charge in [-0.25, -0.2) is 0 Å². The zero-order valence-electron chi connectivity index (χ0n) is 9.53. The molecular weight excluding hydrogens is 184 g/mol. The maximum Gasteiger partial charge on any atom is 0.0991 e. The summed E-state index contributed by atoms with van der Waals surface area (Å²) in [6.07, 6.45) is 1.18. The predicted octanol–water partition coefficient (Wildman–Crippen LogP) is 2.79. The molecule has 0 radical (unpaired) electrons. The van der Waals surface area contributed by atoms with Crippen LogP contribution in [0.15, 0.2) is 24.3 Å². The third kappa shape index (κ3) is 3.73. The highest BCUT2D eigenvalue weighted by atomic mass is 15.1. The minimum absolute atomic E-state index is 0.734. The summed E-state index contributed by atoms with van der Waals surface area (Å²) in [5.74, 6) is 0. The minimum Gasteiger partial charge on any atom is -0.299 e. The monoisotopic (exact) mass is 202 g/mol. The molecule has 0 spiro atoms. The number of benzene rings is 1. The Morgan fingerprint density at radius 1 is 1.20 bits per heavy atom. The smallest absolute Gasteiger partial charge is 0.0991 e. The van der Waals surface area contributed by atoms with Gasteiger partial charge in [0.25, 0.3) is 0 Å². The molecule has 1 rings (SSSR count). The first-order chi connectivity index (χ1) is 7.30. The van der Waals surface area contributed by atoms with Crippen LogP contribution in [0.5, 0.6) is 0 Å². The Kier molecular flexibility index (Phi) is 4.86. The average Bonchev–Trinajstić information content (AvgIpc) is 2.29. The van der Waals surface area contributed by atoms with Crippen LogP contribution in [0.2, 0.25) is 0 Å². The molecular formula is C13H18N2. The average molecular weight is 202 g/mol. The Hall–Kier alpha value is -1.33. The number of hydrogen-bond acceptors (Lipinski definition) is 2. The topological polar surface area (TPSA) is 27.0 Å². The van der Waals surface area contributed by atoms with Crippen molar-refractivity contribution in [3.05, 3.63) is 35.4 Å². The molecule has 2 heteroatoms. The van der Waals surface area contributed by atoms with Gasteiger partial charge in [-0.2, -0.15) is 5.26 Å². The van der Waals surface area contributed by atoms with Crippen LogP contribution >= 0.6 is 0 Å². The van der Waals surface area contributed by atoms with Crippen LogP contribution < -0.4 is 0 Å². The van der Waals surface area contributed by atoms with E-state index in [1.54, 1.807) is 0 Å². The van der Waals surface area contributed by atoms with Crippen molar-refractivity contribution in [1.82, 2.24) is 4.90 Å². The summed E-state index contributed by atoms with van der Waals surface area (Å²) < 4.78 is 0. The first-order valence-electron chi connectivity index (χ1n) is 5.51. The Morgan fingerprint density at radius 2 is 1.87 bits per heavy atom.